The van der Waals surface area contributed by atoms with Gasteiger partial charge in [-0.1, -0.05) is 72.8 Å². The van der Waals surface area contributed by atoms with Gasteiger partial charge in [-0.15, -0.1) is 0 Å². The number of benzene rings is 3. The molecular weight excluding hydrogens is 306 g/mol. The third-order valence-corrected chi connectivity index (χ3v) is 4.23. The molecular formula is C23H17NO. The molecule has 3 aromatic rings. The number of fused-ring (bicyclic) bond motifs is 1. The Kier molecular flexibility index (Phi) is 4.01. The number of hydrogen-bond donors (Lipinski definition) is 1. The highest BCUT2D eigenvalue weighted by molar-refractivity contribution is 6.30. The molecule has 0 atom stereocenters. The molecule has 0 aliphatic heterocycles. The SMILES string of the molecule is O=C(Nc1ccccc1)C1=C/C(=C\c2ccccc2)c2ccccc21. The predicted octanol–water partition coefficient (Wildman–Crippen LogP) is 5.26. The van der Waals surface area contributed by atoms with Crippen molar-refractivity contribution < 1.29 is 4.79 Å². The van der Waals surface area contributed by atoms with Gasteiger partial charge in [0, 0.05) is 11.3 Å². The van der Waals surface area contributed by atoms with Crippen LogP contribution in [0.3, 0.4) is 0 Å². The Hall–Kier alpha value is -3.39. The topological polar surface area (TPSA) is 29.1 Å². The van der Waals surface area contributed by atoms with Gasteiger partial charge >= 0.3 is 0 Å². The predicted molar refractivity (Wildman–Crippen MR) is 104 cm³/mol. The van der Waals surface area contributed by atoms with E-state index in [1.54, 1.807) is 0 Å². The molecule has 0 spiro atoms. The molecule has 0 saturated heterocycles. The van der Waals surface area contributed by atoms with E-state index in [4.69, 9.17) is 0 Å². The molecule has 2 nitrogen and oxygen atoms in total. The largest absolute Gasteiger partial charge is 0.322 e. The Bertz CT molecular complexity index is 969. The van der Waals surface area contributed by atoms with Crippen LogP contribution in [0.1, 0.15) is 16.7 Å². The van der Waals surface area contributed by atoms with Gasteiger partial charge in [-0.2, -0.15) is 0 Å². The van der Waals surface area contributed by atoms with E-state index in [-0.39, 0.29) is 5.91 Å². The van der Waals surface area contributed by atoms with Gasteiger partial charge in [-0.25, -0.2) is 0 Å². The lowest BCUT2D eigenvalue weighted by Gasteiger charge is -2.07. The molecule has 2 heteroatoms. The number of carbonyl (C=O) groups is 1. The van der Waals surface area contributed by atoms with Crippen molar-refractivity contribution in [3.63, 3.8) is 0 Å². The Morgan fingerprint density at radius 3 is 2.04 bits per heavy atom. The van der Waals surface area contributed by atoms with Gasteiger partial charge < -0.3 is 5.32 Å². The van der Waals surface area contributed by atoms with E-state index in [2.05, 4.69) is 29.6 Å². The smallest absolute Gasteiger partial charge is 0.256 e. The van der Waals surface area contributed by atoms with Gasteiger partial charge in [0.15, 0.2) is 0 Å². The summed E-state index contributed by atoms with van der Waals surface area (Å²) in [5, 5.41) is 2.97. The van der Waals surface area contributed by atoms with Crippen LogP contribution >= 0.6 is 0 Å². The lowest BCUT2D eigenvalue weighted by molar-refractivity contribution is -0.111. The summed E-state index contributed by atoms with van der Waals surface area (Å²) in [6.07, 6.45) is 4.08. The quantitative estimate of drug-likeness (QED) is 0.699. The second-order valence-corrected chi connectivity index (χ2v) is 5.93. The van der Waals surface area contributed by atoms with E-state index in [0.29, 0.717) is 5.57 Å². The van der Waals surface area contributed by atoms with Crippen LogP contribution in [0.15, 0.2) is 91.0 Å². The van der Waals surface area contributed by atoms with Gasteiger partial charge in [0.1, 0.15) is 0 Å². The molecule has 1 amide bonds. The Balaban J connectivity index is 1.71. The van der Waals surface area contributed by atoms with Gasteiger partial charge in [-0.3, -0.25) is 4.79 Å². The van der Waals surface area contributed by atoms with Crippen LogP contribution in [0, 0.1) is 0 Å². The van der Waals surface area contributed by atoms with Crippen LogP contribution in [0.4, 0.5) is 5.69 Å². The minimum atomic E-state index is -0.0879. The highest BCUT2D eigenvalue weighted by Crippen LogP contribution is 2.36. The van der Waals surface area contributed by atoms with Crippen molar-refractivity contribution in [3.05, 3.63) is 108 Å². The van der Waals surface area contributed by atoms with Crippen LogP contribution < -0.4 is 5.32 Å². The zero-order valence-corrected chi connectivity index (χ0v) is 13.6. The monoisotopic (exact) mass is 323 g/mol. The highest BCUT2D eigenvalue weighted by Gasteiger charge is 2.23. The summed E-state index contributed by atoms with van der Waals surface area (Å²) < 4.78 is 0. The third-order valence-electron chi connectivity index (χ3n) is 4.23. The minimum Gasteiger partial charge on any atom is -0.322 e. The lowest BCUT2D eigenvalue weighted by Crippen LogP contribution is -2.12. The number of hydrogen-bond acceptors (Lipinski definition) is 1. The molecule has 0 aromatic heterocycles. The van der Waals surface area contributed by atoms with Crippen molar-refractivity contribution >= 4 is 28.8 Å². The van der Waals surface area contributed by atoms with Crippen molar-refractivity contribution in [1.82, 2.24) is 0 Å². The van der Waals surface area contributed by atoms with E-state index >= 15 is 0 Å². The summed E-state index contributed by atoms with van der Waals surface area (Å²) >= 11 is 0. The summed E-state index contributed by atoms with van der Waals surface area (Å²) in [7, 11) is 0. The maximum absolute atomic E-state index is 12.8. The van der Waals surface area contributed by atoms with Crippen molar-refractivity contribution in [1.29, 1.82) is 0 Å². The fourth-order valence-corrected chi connectivity index (χ4v) is 3.04. The first kappa shape index (κ1) is 15.2. The molecule has 0 heterocycles. The summed E-state index contributed by atoms with van der Waals surface area (Å²) in [5.41, 5.74) is 5.73. The van der Waals surface area contributed by atoms with Crippen molar-refractivity contribution in [2.75, 3.05) is 5.32 Å². The zero-order valence-electron chi connectivity index (χ0n) is 13.6. The summed E-state index contributed by atoms with van der Waals surface area (Å²) in [6.45, 7) is 0. The van der Waals surface area contributed by atoms with Crippen LogP contribution in [-0.2, 0) is 4.79 Å². The average Bonchev–Trinajstić information content (AvgIpc) is 3.02. The number of para-hydroxylation sites is 1. The van der Waals surface area contributed by atoms with Crippen LogP contribution in [-0.4, -0.2) is 5.91 Å². The normalized spacial score (nSPS) is 14.1. The highest BCUT2D eigenvalue weighted by atomic mass is 16.1. The fraction of sp³-hybridized carbons (Fsp3) is 0. The number of amides is 1. The summed E-state index contributed by atoms with van der Waals surface area (Å²) in [5.74, 6) is -0.0879. The first-order valence-corrected chi connectivity index (χ1v) is 8.26. The zero-order chi connectivity index (χ0) is 17.1. The maximum Gasteiger partial charge on any atom is 0.256 e. The average molecular weight is 323 g/mol. The van der Waals surface area contributed by atoms with Crippen LogP contribution in [0.5, 0.6) is 0 Å². The van der Waals surface area contributed by atoms with Gasteiger partial charge in [0.2, 0.25) is 0 Å². The maximum atomic E-state index is 12.8. The van der Waals surface area contributed by atoms with E-state index in [0.717, 1.165) is 28.0 Å². The Labute approximate surface area is 147 Å². The number of rotatable bonds is 3. The van der Waals surface area contributed by atoms with Crippen molar-refractivity contribution in [2.24, 2.45) is 0 Å². The molecule has 3 aromatic carbocycles. The molecule has 0 unspecified atom stereocenters. The fourth-order valence-electron chi connectivity index (χ4n) is 3.04. The Morgan fingerprint density at radius 1 is 0.720 bits per heavy atom. The first-order valence-electron chi connectivity index (χ1n) is 8.26. The molecule has 0 bridgehead atoms. The van der Waals surface area contributed by atoms with E-state index in [9.17, 15) is 4.79 Å². The van der Waals surface area contributed by atoms with E-state index in [1.807, 2.05) is 72.8 Å². The Morgan fingerprint density at radius 2 is 1.32 bits per heavy atom. The standard InChI is InChI=1S/C23H17NO/c25-23(24-19-11-5-2-6-12-19)22-16-18(15-17-9-3-1-4-10-17)20-13-7-8-14-21(20)22/h1-16H,(H,24,25)/b18-15+. The van der Waals surface area contributed by atoms with Gasteiger partial charge in [0.25, 0.3) is 5.91 Å². The molecule has 0 saturated carbocycles. The molecule has 4 rings (SSSR count). The van der Waals surface area contributed by atoms with Gasteiger partial charge in [0.05, 0.1) is 0 Å². The van der Waals surface area contributed by atoms with Crippen LogP contribution in [0.2, 0.25) is 0 Å². The third kappa shape index (κ3) is 3.15. The van der Waals surface area contributed by atoms with Gasteiger partial charge in [-0.05, 0) is 46.5 Å². The lowest BCUT2D eigenvalue weighted by atomic mass is 10.0. The second kappa shape index (κ2) is 6.62. The number of carbonyl (C=O) groups excluding carboxylic acids is 1. The van der Waals surface area contributed by atoms with Crippen LogP contribution in [0.25, 0.3) is 17.2 Å². The molecule has 1 aliphatic carbocycles. The number of anilines is 1. The molecule has 1 aliphatic rings. The first-order chi connectivity index (χ1) is 12.3. The van der Waals surface area contributed by atoms with E-state index < -0.39 is 0 Å². The molecule has 0 fully saturated rings. The molecule has 1 N–H and O–H groups in total. The summed E-state index contributed by atoms with van der Waals surface area (Å²) in [6, 6.07) is 27.7. The summed E-state index contributed by atoms with van der Waals surface area (Å²) in [4.78, 5) is 12.8. The molecule has 0 radical (unpaired) electrons. The number of allylic oxidation sites excluding steroid dienone is 2. The second-order valence-electron chi connectivity index (χ2n) is 5.93. The molecule has 120 valence electrons. The van der Waals surface area contributed by atoms with Crippen molar-refractivity contribution in [3.8, 4) is 0 Å². The minimum absolute atomic E-state index is 0.0879. The molecule has 25 heavy (non-hydrogen) atoms. The number of nitrogens with one attached hydrogen (secondary N) is 1. The van der Waals surface area contributed by atoms with Crippen molar-refractivity contribution in [2.45, 2.75) is 0 Å². The van der Waals surface area contributed by atoms with E-state index in [1.165, 1.54) is 0 Å².